The predicted molar refractivity (Wildman–Crippen MR) is 67.6 cm³/mol. The number of halogens is 2. The number of nitrogens with one attached hydrogen (secondary N) is 1. The number of anilines is 1. The summed E-state index contributed by atoms with van der Waals surface area (Å²) in [6, 6.07) is 1.09. The van der Waals surface area contributed by atoms with Crippen LogP contribution in [0.3, 0.4) is 0 Å². The van der Waals surface area contributed by atoms with Crippen LogP contribution in [0, 0.1) is 21.7 Å². The molecule has 0 radical (unpaired) electrons. The van der Waals surface area contributed by atoms with Crippen molar-refractivity contribution in [2.45, 2.75) is 32.2 Å². The zero-order valence-electron chi connectivity index (χ0n) is 10.9. The first-order valence-electron chi connectivity index (χ1n) is 5.92. The van der Waals surface area contributed by atoms with E-state index in [0.29, 0.717) is 12.1 Å². The van der Waals surface area contributed by atoms with Gasteiger partial charge in [0.15, 0.2) is 0 Å². The van der Waals surface area contributed by atoms with Crippen LogP contribution in [0.1, 0.15) is 26.7 Å². The summed E-state index contributed by atoms with van der Waals surface area (Å²) in [4.78, 5) is 21.1. The predicted octanol–water partition coefficient (Wildman–Crippen LogP) is 2.93. The standard InChI is InChI=1S/C12H14F2N2O4/c1-3-12(4-2,11(17)18)15-9-6-7(13)5-8(14)10(9)16(19)20/h5-6,15H,3-4H2,1-2H3,(H,17,18). The molecule has 0 aromatic heterocycles. The van der Waals surface area contributed by atoms with E-state index in [1.165, 1.54) is 0 Å². The van der Waals surface area contributed by atoms with Gasteiger partial charge in [0.25, 0.3) is 0 Å². The number of carboxylic acid groups (broad SMARTS) is 1. The van der Waals surface area contributed by atoms with E-state index >= 15 is 0 Å². The molecule has 20 heavy (non-hydrogen) atoms. The molecule has 8 heteroatoms. The van der Waals surface area contributed by atoms with Crippen LogP contribution < -0.4 is 5.32 Å². The Bertz CT molecular complexity index is 545. The first-order chi connectivity index (χ1) is 9.27. The molecule has 1 aromatic rings. The van der Waals surface area contributed by atoms with Crippen molar-refractivity contribution in [1.29, 1.82) is 0 Å². The third-order valence-electron chi connectivity index (χ3n) is 3.20. The quantitative estimate of drug-likeness (QED) is 0.620. The van der Waals surface area contributed by atoms with Crippen molar-refractivity contribution in [3.05, 3.63) is 33.9 Å². The highest BCUT2D eigenvalue weighted by Crippen LogP contribution is 2.33. The van der Waals surface area contributed by atoms with Gasteiger partial charge in [-0.15, -0.1) is 0 Å². The van der Waals surface area contributed by atoms with Crippen LogP contribution in [-0.2, 0) is 4.79 Å². The molecule has 0 aliphatic rings. The topological polar surface area (TPSA) is 92.5 Å². The Morgan fingerprint density at radius 3 is 2.35 bits per heavy atom. The molecule has 0 saturated heterocycles. The van der Waals surface area contributed by atoms with Crippen LogP contribution in [0.2, 0.25) is 0 Å². The van der Waals surface area contributed by atoms with Gasteiger partial charge in [-0.2, -0.15) is 4.39 Å². The fourth-order valence-electron chi connectivity index (χ4n) is 1.89. The van der Waals surface area contributed by atoms with Gasteiger partial charge in [-0.1, -0.05) is 13.8 Å². The van der Waals surface area contributed by atoms with Gasteiger partial charge in [0.1, 0.15) is 17.0 Å². The summed E-state index contributed by atoms with van der Waals surface area (Å²) in [5, 5.41) is 22.5. The first kappa shape index (κ1) is 15.8. The summed E-state index contributed by atoms with van der Waals surface area (Å²) in [5.74, 6) is -3.63. The zero-order chi connectivity index (χ0) is 15.5. The number of hydrogen-bond acceptors (Lipinski definition) is 4. The molecule has 2 N–H and O–H groups in total. The van der Waals surface area contributed by atoms with E-state index in [1.807, 2.05) is 0 Å². The van der Waals surface area contributed by atoms with Crippen LogP contribution in [-0.4, -0.2) is 21.5 Å². The summed E-state index contributed by atoms with van der Waals surface area (Å²) in [7, 11) is 0. The molecule has 0 bridgehead atoms. The zero-order valence-corrected chi connectivity index (χ0v) is 10.9. The first-order valence-corrected chi connectivity index (χ1v) is 5.92. The minimum Gasteiger partial charge on any atom is -0.480 e. The van der Waals surface area contributed by atoms with Crippen LogP contribution in [0.25, 0.3) is 0 Å². The molecule has 0 saturated carbocycles. The molecule has 110 valence electrons. The third kappa shape index (κ3) is 2.84. The number of hydrogen-bond donors (Lipinski definition) is 2. The Kier molecular flexibility index (Phi) is 4.59. The second kappa shape index (κ2) is 5.81. The van der Waals surface area contributed by atoms with Crippen molar-refractivity contribution in [2.24, 2.45) is 0 Å². The Balaban J connectivity index is 3.39. The van der Waals surface area contributed by atoms with Crippen LogP contribution in [0.4, 0.5) is 20.2 Å². The molecule has 1 rings (SSSR count). The monoisotopic (exact) mass is 288 g/mol. The molecule has 1 aromatic carbocycles. The summed E-state index contributed by atoms with van der Waals surface area (Å²) in [6.07, 6.45) is 0.183. The SMILES string of the molecule is CCC(CC)(Nc1cc(F)cc(F)c1[N+](=O)[O-])C(=O)O. The smallest absolute Gasteiger partial charge is 0.329 e. The second-order valence-corrected chi connectivity index (χ2v) is 4.26. The van der Waals surface area contributed by atoms with Gasteiger partial charge < -0.3 is 10.4 Å². The summed E-state index contributed by atoms with van der Waals surface area (Å²) < 4.78 is 26.7. The van der Waals surface area contributed by atoms with Gasteiger partial charge in [-0.25, -0.2) is 9.18 Å². The summed E-state index contributed by atoms with van der Waals surface area (Å²) in [5.41, 5.74) is -2.98. The fourth-order valence-corrected chi connectivity index (χ4v) is 1.89. The molecule has 6 nitrogen and oxygen atoms in total. The van der Waals surface area contributed by atoms with Crippen LogP contribution in [0.15, 0.2) is 12.1 Å². The van der Waals surface area contributed by atoms with Crippen molar-refractivity contribution in [3.63, 3.8) is 0 Å². The van der Waals surface area contributed by atoms with Crippen molar-refractivity contribution >= 4 is 17.3 Å². The maximum atomic E-state index is 13.5. The molecule has 0 amide bonds. The van der Waals surface area contributed by atoms with Gasteiger partial charge in [0.2, 0.25) is 5.82 Å². The minimum atomic E-state index is -1.52. The number of nitro groups is 1. The largest absolute Gasteiger partial charge is 0.480 e. The van der Waals surface area contributed by atoms with Crippen molar-refractivity contribution < 1.29 is 23.6 Å². The maximum absolute atomic E-state index is 13.5. The highest BCUT2D eigenvalue weighted by molar-refractivity contribution is 5.84. The Labute approximate surface area is 113 Å². The molecular weight excluding hydrogens is 274 g/mol. The third-order valence-corrected chi connectivity index (χ3v) is 3.20. The number of aliphatic carboxylic acids is 1. The van der Waals surface area contributed by atoms with E-state index in [2.05, 4.69) is 5.32 Å². The number of carboxylic acids is 1. The van der Waals surface area contributed by atoms with Gasteiger partial charge >= 0.3 is 11.7 Å². The number of benzene rings is 1. The number of nitrogens with zero attached hydrogens (tertiary/aromatic N) is 1. The number of carbonyl (C=O) groups is 1. The average molecular weight is 288 g/mol. The molecule has 0 atom stereocenters. The number of rotatable bonds is 6. The lowest BCUT2D eigenvalue weighted by Crippen LogP contribution is -2.45. The van der Waals surface area contributed by atoms with Crippen LogP contribution in [0.5, 0.6) is 0 Å². The Hall–Kier alpha value is -2.25. The van der Waals surface area contributed by atoms with Gasteiger partial charge in [0.05, 0.1) is 4.92 Å². The summed E-state index contributed by atoms with van der Waals surface area (Å²) >= 11 is 0. The van der Waals surface area contributed by atoms with E-state index < -0.39 is 39.4 Å². The molecular formula is C12H14F2N2O4. The van der Waals surface area contributed by atoms with Gasteiger partial charge in [-0.05, 0) is 12.8 Å². The normalized spacial score (nSPS) is 11.2. The minimum absolute atomic E-state index is 0.0914. The summed E-state index contributed by atoms with van der Waals surface area (Å²) in [6.45, 7) is 3.12. The molecule has 0 heterocycles. The lowest BCUT2D eigenvalue weighted by molar-refractivity contribution is -0.386. The lowest BCUT2D eigenvalue weighted by Gasteiger charge is -2.29. The highest BCUT2D eigenvalue weighted by Gasteiger charge is 2.37. The van der Waals surface area contributed by atoms with Crippen molar-refractivity contribution in [3.8, 4) is 0 Å². The lowest BCUT2D eigenvalue weighted by atomic mass is 9.92. The Morgan fingerprint density at radius 1 is 1.40 bits per heavy atom. The maximum Gasteiger partial charge on any atom is 0.329 e. The van der Waals surface area contributed by atoms with E-state index in [0.717, 1.165) is 0 Å². The highest BCUT2D eigenvalue weighted by atomic mass is 19.1. The van der Waals surface area contributed by atoms with Gasteiger partial charge in [0, 0.05) is 12.1 Å². The van der Waals surface area contributed by atoms with E-state index in [1.54, 1.807) is 13.8 Å². The van der Waals surface area contributed by atoms with Gasteiger partial charge in [-0.3, -0.25) is 10.1 Å². The van der Waals surface area contributed by atoms with E-state index in [4.69, 9.17) is 0 Å². The number of nitro benzene ring substituents is 1. The van der Waals surface area contributed by atoms with E-state index in [-0.39, 0.29) is 12.8 Å². The molecule has 0 fully saturated rings. The molecule has 0 unspecified atom stereocenters. The fraction of sp³-hybridized carbons (Fsp3) is 0.417. The van der Waals surface area contributed by atoms with Crippen molar-refractivity contribution in [1.82, 2.24) is 0 Å². The van der Waals surface area contributed by atoms with Crippen molar-refractivity contribution in [2.75, 3.05) is 5.32 Å². The molecule has 0 aliphatic carbocycles. The Morgan fingerprint density at radius 2 is 1.95 bits per heavy atom. The average Bonchev–Trinajstić information content (AvgIpc) is 2.34. The van der Waals surface area contributed by atoms with Crippen LogP contribution >= 0.6 is 0 Å². The van der Waals surface area contributed by atoms with E-state index in [9.17, 15) is 28.8 Å². The molecule has 0 spiro atoms. The molecule has 0 aliphatic heterocycles. The second-order valence-electron chi connectivity index (χ2n) is 4.26.